The molecule has 0 unspecified atom stereocenters. The first-order valence-corrected chi connectivity index (χ1v) is 12.3. The molecule has 2 aliphatic rings. The highest BCUT2D eigenvalue weighted by Crippen LogP contribution is 2.44. The number of nitrogens with zero attached hydrogens (tertiary/aromatic N) is 3. The maximum Gasteiger partial charge on any atom is 0.339 e. The van der Waals surface area contributed by atoms with Gasteiger partial charge in [0.05, 0.1) is 36.1 Å². The fourth-order valence-electron chi connectivity index (χ4n) is 5.68. The molecule has 1 saturated carbocycles. The van der Waals surface area contributed by atoms with Crippen LogP contribution in [0.15, 0.2) is 54.7 Å². The molecule has 1 saturated heterocycles. The van der Waals surface area contributed by atoms with Gasteiger partial charge in [-0.25, -0.2) is 4.79 Å². The Labute approximate surface area is 205 Å². The number of carbonyl (C=O) groups is 1. The summed E-state index contributed by atoms with van der Waals surface area (Å²) in [6.07, 6.45) is 6.60. The number of hydrogen-bond acceptors (Lipinski definition) is 4. The highest BCUT2D eigenvalue weighted by molar-refractivity contribution is 7.80. The van der Waals surface area contributed by atoms with Gasteiger partial charge < -0.3 is 19.5 Å². The van der Waals surface area contributed by atoms with E-state index < -0.39 is 0 Å². The summed E-state index contributed by atoms with van der Waals surface area (Å²) >= 11 is 5.90. The van der Waals surface area contributed by atoms with Crippen LogP contribution in [-0.2, 0) is 4.74 Å². The highest BCUT2D eigenvalue weighted by atomic mass is 32.1. The summed E-state index contributed by atoms with van der Waals surface area (Å²) in [5, 5.41) is 4.39. The molecule has 176 valence electrons. The Balaban J connectivity index is 1.65. The van der Waals surface area contributed by atoms with Crippen molar-refractivity contribution in [1.29, 1.82) is 0 Å². The molecule has 0 spiro atoms. The van der Waals surface area contributed by atoms with Gasteiger partial charge in [-0.1, -0.05) is 31.0 Å². The molecule has 2 fully saturated rings. The molecule has 1 aliphatic carbocycles. The summed E-state index contributed by atoms with van der Waals surface area (Å²) in [6, 6.07) is 16.3. The zero-order valence-corrected chi connectivity index (χ0v) is 20.6. The van der Waals surface area contributed by atoms with Crippen LogP contribution in [0.2, 0.25) is 0 Å². The Morgan fingerprint density at radius 1 is 1.12 bits per heavy atom. The van der Waals surface area contributed by atoms with Gasteiger partial charge in [0.15, 0.2) is 5.11 Å². The molecule has 6 nitrogen and oxygen atoms in total. The number of methoxy groups -OCH3 is 1. The number of esters is 1. The third kappa shape index (κ3) is 3.78. The monoisotopic (exact) mass is 474 g/mol. The number of aryl methyl sites for hydroxylation is 1. The largest absolute Gasteiger partial charge is 0.465 e. The van der Waals surface area contributed by atoms with Gasteiger partial charge in [-0.15, -0.1) is 0 Å². The Hall–Kier alpha value is -3.19. The summed E-state index contributed by atoms with van der Waals surface area (Å²) < 4.78 is 7.22. The zero-order chi connectivity index (χ0) is 23.8. The van der Waals surface area contributed by atoms with E-state index in [0.717, 1.165) is 40.7 Å². The lowest BCUT2D eigenvalue weighted by Gasteiger charge is -2.33. The van der Waals surface area contributed by atoms with Crippen LogP contribution in [0.3, 0.4) is 0 Å². The van der Waals surface area contributed by atoms with E-state index in [4.69, 9.17) is 17.0 Å². The van der Waals surface area contributed by atoms with Gasteiger partial charge in [0.25, 0.3) is 0 Å². The summed E-state index contributed by atoms with van der Waals surface area (Å²) in [5.41, 5.74) is 5.71. The number of benzene rings is 1. The average molecular weight is 475 g/mol. The molecule has 34 heavy (non-hydrogen) atoms. The van der Waals surface area contributed by atoms with E-state index >= 15 is 0 Å². The number of para-hydroxylation sites is 1. The molecule has 0 bridgehead atoms. The first-order chi connectivity index (χ1) is 16.5. The van der Waals surface area contributed by atoms with Crippen LogP contribution in [0, 0.1) is 13.8 Å². The minimum absolute atomic E-state index is 0.0238. The molecule has 2 atom stereocenters. The quantitative estimate of drug-likeness (QED) is 0.406. The van der Waals surface area contributed by atoms with Crippen molar-refractivity contribution in [3.63, 3.8) is 0 Å². The Bertz CT molecular complexity index is 1220. The Kier molecular flexibility index (Phi) is 6.13. The molecule has 0 amide bonds. The second-order valence-corrected chi connectivity index (χ2v) is 9.53. The number of hydrogen-bond donors (Lipinski definition) is 1. The van der Waals surface area contributed by atoms with Gasteiger partial charge >= 0.3 is 5.97 Å². The van der Waals surface area contributed by atoms with E-state index in [1.807, 2.05) is 42.6 Å². The maximum atomic E-state index is 12.5. The minimum Gasteiger partial charge on any atom is -0.465 e. The van der Waals surface area contributed by atoms with E-state index in [1.54, 1.807) is 0 Å². The first kappa shape index (κ1) is 22.6. The number of carbonyl (C=O) groups excluding carboxylic acids is 1. The zero-order valence-electron chi connectivity index (χ0n) is 19.8. The van der Waals surface area contributed by atoms with Crippen LogP contribution >= 0.6 is 12.2 Å². The molecule has 3 heterocycles. The summed E-state index contributed by atoms with van der Waals surface area (Å²) in [5.74, 6) is -0.340. The van der Waals surface area contributed by atoms with Gasteiger partial charge in [-0.05, 0) is 74.8 Å². The number of rotatable bonds is 5. The Morgan fingerprint density at radius 2 is 1.85 bits per heavy atom. The molecule has 3 aromatic rings. The lowest BCUT2D eigenvalue weighted by atomic mass is 9.95. The van der Waals surface area contributed by atoms with Crippen LogP contribution in [0.25, 0.3) is 5.69 Å². The van der Waals surface area contributed by atoms with Gasteiger partial charge in [0, 0.05) is 23.6 Å². The highest BCUT2D eigenvalue weighted by Gasteiger charge is 2.44. The fraction of sp³-hybridized carbons (Fsp3) is 0.370. The lowest BCUT2D eigenvalue weighted by molar-refractivity contribution is 0.0600. The second kappa shape index (κ2) is 9.22. The number of pyridine rings is 1. The van der Waals surface area contributed by atoms with Crippen molar-refractivity contribution in [2.45, 2.75) is 57.7 Å². The molecule has 5 rings (SSSR count). The van der Waals surface area contributed by atoms with Crippen LogP contribution in [0.4, 0.5) is 0 Å². The van der Waals surface area contributed by atoms with Gasteiger partial charge in [-0.2, -0.15) is 0 Å². The smallest absolute Gasteiger partial charge is 0.339 e. The first-order valence-electron chi connectivity index (χ1n) is 11.9. The van der Waals surface area contributed by atoms with Crippen molar-refractivity contribution >= 4 is 23.3 Å². The van der Waals surface area contributed by atoms with Crippen molar-refractivity contribution in [2.24, 2.45) is 0 Å². The predicted molar refractivity (Wildman–Crippen MR) is 136 cm³/mol. The summed E-state index contributed by atoms with van der Waals surface area (Å²) in [6.45, 7) is 4.21. The maximum absolute atomic E-state index is 12.5. The van der Waals surface area contributed by atoms with Crippen LogP contribution in [-0.4, -0.2) is 38.7 Å². The third-order valence-electron chi connectivity index (χ3n) is 7.19. The standard InChI is InChI=1S/C27H30N4O2S/c1-17-16-21(18(2)30(17)23-14-7-6-12-20(23)26(32)33-3)25-24(22-13-8-9-15-28-22)29-27(34)31(25)19-10-4-5-11-19/h6-9,12-16,19,24-25H,4-5,10-11H2,1-3H3,(H,29,34)/t24-,25+/m1/s1. The van der Waals surface area contributed by atoms with Gasteiger partial charge in [0.1, 0.15) is 0 Å². The van der Waals surface area contributed by atoms with Crippen LogP contribution < -0.4 is 5.32 Å². The fourth-order valence-corrected chi connectivity index (χ4v) is 6.07. The van der Waals surface area contributed by atoms with E-state index in [9.17, 15) is 4.79 Å². The number of aromatic nitrogens is 2. The molecule has 7 heteroatoms. The molecular weight excluding hydrogens is 444 g/mol. The van der Waals surface area contributed by atoms with Gasteiger partial charge in [-0.3, -0.25) is 4.98 Å². The number of thiocarbonyl (C=S) groups is 1. The van der Waals surface area contributed by atoms with E-state index in [1.165, 1.54) is 25.5 Å². The van der Waals surface area contributed by atoms with Crippen molar-refractivity contribution < 1.29 is 9.53 Å². The summed E-state index contributed by atoms with van der Waals surface area (Å²) in [4.78, 5) is 19.6. The van der Waals surface area contributed by atoms with Crippen molar-refractivity contribution in [1.82, 2.24) is 19.8 Å². The molecule has 1 aromatic carbocycles. The van der Waals surface area contributed by atoms with Crippen molar-refractivity contribution in [3.8, 4) is 5.69 Å². The SMILES string of the molecule is COC(=O)c1ccccc1-n1c(C)cc([C@H]2[C@@H](c3ccccn3)NC(=S)N2C2CCCC2)c1C. The molecule has 2 aromatic heterocycles. The van der Waals surface area contributed by atoms with E-state index in [2.05, 4.69) is 45.7 Å². The second-order valence-electron chi connectivity index (χ2n) is 9.14. The predicted octanol–water partition coefficient (Wildman–Crippen LogP) is 5.19. The molecular formula is C27H30N4O2S. The molecule has 1 N–H and O–H groups in total. The topological polar surface area (TPSA) is 59.4 Å². The van der Waals surface area contributed by atoms with E-state index in [-0.39, 0.29) is 18.1 Å². The third-order valence-corrected chi connectivity index (χ3v) is 7.52. The normalized spacial score (nSPS) is 20.6. The number of ether oxygens (including phenoxy) is 1. The van der Waals surface area contributed by atoms with E-state index in [0.29, 0.717) is 11.6 Å². The Morgan fingerprint density at radius 3 is 2.56 bits per heavy atom. The van der Waals surface area contributed by atoms with Crippen LogP contribution in [0.1, 0.15) is 70.8 Å². The average Bonchev–Trinajstić information content (AvgIpc) is 3.57. The lowest BCUT2D eigenvalue weighted by Crippen LogP contribution is -2.37. The van der Waals surface area contributed by atoms with Crippen LogP contribution in [0.5, 0.6) is 0 Å². The van der Waals surface area contributed by atoms with Crippen molar-refractivity contribution in [2.75, 3.05) is 7.11 Å². The molecule has 0 radical (unpaired) electrons. The van der Waals surface area contributed by atoms with Crippen molar-refractivity contribution in [3.05, 3.63) is 82.9 Å². The minimum atomic E-state index is -0.340. The number of nitrogens with one attached hydrogen (secondary N) is 1. The summed E-state index contributed by atoms with van der Waals surface area (Å²) in [7, 11) is 1.42. The van der Waals surface area contributed by atoms with Gasteiger partial charge in [0.2, 0.25) is 0 Å². The molecule has 1 aliphatic heterocycles.